The van der Waals surface area contributed by atoms with Gasteiger partial charge in [0.25, 0.3) is 0 Å². The molecule has 0 rings (SSSR count). The molecular formula is C13H29NO. The number of unbranched alkanes of at least 4 members (excludes halogenated alkanes) is 4. The molecule has 0 spiro atoms. The minimum Gasteiger partial charge on any atom is -0.392 e. The van der Waals surface area contributed by atoms with Crippen LogP contribution in [0.1, 0.15) is 59.3 Å². The van der Waals surface area contributed by atoms with Crippen LogP contribution in [0.5, 0.6) is 0 Å². The Hall–Kier alpha value is -0.0800. The van der Waals surface area contributed by atoms with Crippen molar-refractivity contribution in [2.45, 2.75) is 65.4 Å². The summed E-state index contributed by atoms with van der Waals surface area (Å²) in [6.45, 7) is 9.50. The fraction of sp³-hybridized carbons (Fsp3) is 1.00. The van der Waals surface area contributed by atoms with Crippen molar-refractivity contribution < 1.29 is 5.11 Å². The Balaban J connectivity index is 3.63. The maximum atomic E-state index is 9.39. The smallest absolute Gasteiger partial charge is 0.0639 e. The van der Waals surface area contributed by atoms with Crippen molar-refractivity contribution in [2.24, 2.45) is 0 Å². The molecule has 0 aromatic rings. The molecule has 15 heavy (non-hydrogen) atoms. The average Bonchev–Trinajstić information content (AvgIpc) is 2.17. The molecule has 0 aromatic heterocycles. The highest BCUT2D eigenvalue weighted by Crippen LogP contribution is 2.03. The summed E-state index contributed by atoms with van der Waals surface area (Å²) in [7, 11) is 0. The van der Waals surface area contributed by atoms with Gasteiger partial charge >= 0.3 is 0 Å². The molecule has 1 atom stereocenters. The molecule has 0 bridgehead atoms. The summed E-state index contributed by atoms with van der Waals surface area (Å²) in [6, 6.07) is 0. The molecule has 0 fully saturated rings. The van der Waals surface area contributed by atoms with Gasteiger partial charge in [-0.15, -0.1) is 0 Å². The van der Waals surface area contributed by atoms with E-state index in [9.17, 15) is 5.11 Å². The second kappa shape index (κ2) is 10.4. The Morgan fingerprint density at radius 2 is 1.40 bits per heavy atom. The number of aliphatic hydroxyl groups excluding tert-OH is 1. The summed E-state index contributed by atoms with van der Waals surface area (Å²) in [5.74, 6) is 0. The van der Waals surface area contributed by atoms with Crippen LogP contribution in [0.4, 0.5) is 0 Å². The first-order valence-corrected chi connectivity index (χ1v) is 6.61. The van der Waals surface area contributed by atoms with E-state index in [1.807, 2.05) is 6.92 Å². The molecule has 2 nitrogen and oxygen atoms in total. The molecule has 1 N–H and O–H groups in total. The lowest BCUT2D eigenvalue weighted by Crippen LogP contribution is -2.32. The van der Waals surface area contributed by atoms with Gasteiger partial charge in [0, 0.05) is 6.54 Å². The van der Waals surface area contributed by atoms with Gasteiger partial charge in [-0.1, -0.05) is 39.5 Å². The van der Waals surface area contributed by atoms with Gasteiger partial charge in [0.2, 0.25) is 0 Å². The third-order valence-corrected chi connectivity index (χ3v) is 2.68. The van der Waals surface area contributed by atoms with Crippen molar-refractivity contribution in [3.8, 4) is 0 Å². The van der Waals surface area contributed by atoms with Gasteiger partial charge in [-0.2, -0.15) is 0 Å². The van der Waals surface area contributed by atoms with Crippen molar-refractivity contribution in [1.29, 1.82) is 0 Å². The Morgan fingerprint density at radius 1 is 0.933 bits per heavy atom. The van der Waals surface area contributed by atoms with Crippen LogP contribution in [0.3, 0.4) is 0 Å². The minimum atomic E-state index is -0.187. The maximum Gasteiger partial charge on any atom is 0.0639 e. The van der Waals surface area contributed by atoms with Gasteiger partial charge in [0.1, 0.15) is 0 Å². The molecule has 0 aliphatic carbocycles. The molecular weight excluding hydrogens is 186 g/mol. The monoisotopic (exact) mass is 215 g/mol. The first-order chi connectivity index (χ1) is 7.20. The number of rotatable bonds is 10. The molecule has 92 valence electrons. The summed E-state index contributed by atoms with van der Waals surface area (Å²) < 4.78 is 0. The van der Waals surface area contributed by atoms with Gasteiger partial charge in [-0.05, 0) is 32.9 Å². The van der Waals surface area contributed by atoms with Crippen LogP contribution in [0.25, 0.3) is 0 Å². The van der Waals surface area contributed by atoms with E-state index in [4.69, 9.17) is 0 Å². The lowest BCUT2D eigenvalue weighted by Gasteiger charge is -2.23. The second-order valence-corrected chi connectivity index (χ2v) is 4.56. The van der Waals surface area contributed by atoms with Crippen molar-refractivity contribution >= 4 is 0 Å². The summed E-state index contributed by atoms with van der Waals surface area (Å²) in [6.07, 6.45) is 7.53. The van der Waals surface area contributed by atoms with Crippen LogP contribution in [0, 0.1) is 0 Å². The lowest BCUT2D eigenvalue weighted by molar-refractivity contribution is 0.124. The zero-order chi connectivity index (χ0) is 11.5. The quantitative estimate of drug-likeness (QED) is 0.566. The molecule has 0 aliphatic heterocycles. The van der Waals surface area contributed by atoms with Gasteiger partial charge in [0.15, 0.2) is 0 Å². The normalized spacial score (nSPS) is 13.4. The maximum absolute atomic E-state index is 9.39. The van der Waals surface area contributed by atoms with E-state index >= 15 is 0 Å². The van der Waals surface area contributed by atoms with Crippen molar-refractivity contribution in [1.82, 2.24) is 4.90 Å². The van der Waals surface area contributed by atoms with Crippen molar-refractivity contribution in [2.75, 3.05) is 19.6 Å². The fourth-order valence-corrected chi connectivity index (χ4v) is 1.84. The Kier molecular flexibility index (Phi) is 10.4. The number of hydrogen-bond donors (Lipinski definition) is 1. The third kappa shape index (κ3) is 10.2. The van der Waals surface area contributed by atoms with E-state index in [-0.39, 0.29) is 6.10 Å². The Bertz CT molecular complexity index is 116. The Labute approximate surface area is 95.7 Å². The van der Waals surface area contributed by atoms with Gasteiger partial charge in [-0.3, -0.25) is 0 Å². The first-order valence-electron chi connectivity index (χ1n) is 6.61. The molecule has 0 saturated heterocycles. The highest BCUT2D eigenvalue weighted by atomic mass is 16.3. The van der Waals surface area contributed by atoms with Crippen LogP contribution in [-0.2, 0) is 0 Å². The largest absolute Gasteiger partial charge is 0.392 e. The van der Waals surface area contributed by atoms with Crippen LogP contribution in [-0.4, -0.2) is 35.7 Å². The minimum absolute atomic E-state index is 0.187. The number of nitrogens with zero attached hydrogens (tertiary/aromatic N) is 1. The lowest BCUT2D eigenvalue weighted by atomic mass is 10.2. The average molecular weight is 215 g/mol. The van der Waals surface area contributed by atoms with Crippen LogP contribution < -0.4 is 0 Å². The number of aliphatic hydroxyl groups is 1. The van der Waals surface area contributed by atoms with Crippen molar-refractivity contribution in [3.63, 3.8) is 0 Å². The van der Waals surface area contributed by atoms with E-state index in [0.717, 1.165) is 19.6 Å². The second-order valence-electron chi connectivity index (χ2n) is 4.56. The molecule has 0 aliphatic rings. The van der Waals surface area contributed by atoms with Gasteiger partial charge in [-0.25, -0.2) is 0 Å². The van der Waals surface area contributed by atoms with E-state index in [0.29, 0.717) is 0 Å². The zero-order valence-corrected chi connectivity index (χ0v) is 10.8. The first kappa shape index (κ1) is 14.9. The molecule has 0 aromatic carbocycles. The predicted molar refractivity (Wildman–Crippen MR) is 67.2 cm³/mol. The van der Waals surface area contributed by atoms with E-state index in [2.05, 4.69) is 18.7 Å². The topological polar surface area (TPSA) is 23.5 Å². The van der Waals surface area contributed by atoms with Gasteiger partial charge < -0.3 is 10.0 Å². The number of hydrogen-bond acceptors (Lipinski definition) is 2. The summed E-state index contributed by atoms with van der Waals surface area (Å²) >= 11 is 0. The van der Waals surface area contributed by atoms with E-state index < -0.39 is 0 Å². The molecule has 2 heteroatoms. The molecule has 0 saturated carbocycles. The van der Waals surface area contributed by atoms with E-state index in [1.165, 1.54) is 38.5 Å². The summed E-state index contributed by atoms with van der Waals surface area (Å²) in [5.41, 5.74) is 0. The molecule has 0 heterocycles. The zero-order valence-electron chi connectivity index (χ0n) is 10.8. The molecule has 0 radical (unpaired) electrons. The van der Waals surface area contributed by atoms with Crippen LogP contribution >= 0.6 is 0 Å². The Morgan fingerprint density at radius 3 is 1.73 bits per heavy atom. The summed E-state index contributed by atoms with van der Waals surface area (Å²) in [4.78, 5) is 2.41. The van der Waals surface area contributed by atoms with Crippen molar-refractivity contribution in [3.05, 3.63) is 0 Å². The highest BCUT2D eigenvalue weighted by molar-refractivity contribution is 4.61. The van der Waals surface area contributed by atoms with E-state index in [1.54, 1.807) is 0 Å². The highest BCUT2D eigenvalue weighted by Gasteiger charge is 2.06. The van der Waals surface area contributed by atoms with Crippen LogP contribution in [0.15, 0.2) is 0 Å². The molecule has 1 unspecified atom stereocenters. The standard InChI is InChI=1S/C13H29NO/c1-4-6-8-10-14(12-13(3)15)11-9-7-5-2/h13,15H,4-12H2,1-3H3. The molecule has 0 amide bonds. The third-order valence-electron chi connectivity index (χ3n) is 2.68. The SMILES string of the molecule is CCCCCN(CCCCC)CC(C)O. The predicted octanol–water partition coefficient (Wildman–Crippen LogP) is 3.05. The fourth-order valence-electron chi connectivity index (χ4n) is 1.84. The van der Waals surface area contributed by atoms with Gasteiger partial charge in [0.05, 0.1) is 6.10 Å². The summed E-state index contributed by atoms with van der Waals surface area (Å²) in [5, 5.41) is 9.39. The van der Waals surface area contributed by atoms with Crippen LogP contribution in [0.2, 0.25) is 0 Å².